The zero-order valence-corrected chi connectivity index (χ0v) is 16.9. The Bertz CT molecular complexity index is 797. The average Bonchev–Trinajstić information content (AvgIpc) is 2.68. The van der Waals surface area contributed by atoms with Gasteiger partial charge in [-0.05, 0) is 37.1 Å². The molecule has 6 nitrogen and oxygen atoms in total. The fraction of sp³-hybridized carbons (Fsp3) is 0.500. The smallest absolute Gasteiger partial charge is 0.406 e. The van der Waals surface area contributed by atoms with E-state index in [0.29, 0.717) is 12.6 Å². The summed E-state index contributed by atoms with van der Waals surface area (Å²) in [6, 6.07) is 8.37. The van der Waals surface area contributed by atoms with Gasteiger partial charge in [-0.1, -0.05) is 12.1 Å². The van der Waals surface area contributed by atoms with E-state index in [1.807, 2.05) is 32.1 Å². The number of benzene rings is 1. The Morgan fingerprint density at radius 2 is 1.79 bits per heavy atom. The van der Waals surface area contributed by atoms with Gasteiger partial charge in [0.05, 0.1) is 0 Å². The summed E-state index contributed by atoms with van der Waals surface area (Å²) >= 11 is 0. The topological polar surface area (TPSA) is 44.7 Å². The number of nitrogens with zero attached hydrogens (tertiary/aromatic N) is 5. The summed E-state index contributed by atoms with van der Waals surface area (Å²) in [5.74, 6) is 1.54. The van der Waals surface area contributed by atoms with E-state index in [4.69, 9.17) is 0 Å². The Balaban J connectivity index is 1.61. The molecule has 29 heavy (non-hydrogen) atoms. The van der Waals surface area contributed by atoms with Gasteiger partial charge in [0.25, 0.3) is 0 Å². The molecule has 2 heterocycles. The van der Waals surface area contributed by atoms with Crippen LogP contribution in [-0.2, 0) is 6.54 Å². The Hall–Kier alpha value is -2.55. The molecule has 1 aromatic heterocycles. The zero-order chi connectivity index (χ0) is 21.0. The van der Waals surface area contributed by atoms with Gasteiger partial charge in [0.2, 0.25) is 0 Å². The number of likely N-dealkylation sites (tertiary alicyclic amines) is 1. The third kappa shape index (κ3) is 5.96. The van der Waals surface area contributed by atoms with Crippen molar-refractivity contribution in [1.29, 1.82) is 0 Å². The number of alkyl halides is 3. The Morgan fingerprint density at radius 3 is 2.45 bits per heavy atom. The van der Waals surface area contributed by atoms with Crippen molar-refractivity contribution in [3.05, 3.63) is 42.2 Å². The molecule has 3 rings (SSSR count). The number of aromatic nitrogens is 2. The van der Waals surface area contributed by atoms with Crippen molar-refractivity contribution in [2.45, 2.75) is 31.8 Å². The predicted octanol–water partition coefficient (Wildman–Crippen LogP) is 3.54. The third-order valence-corrected chi connectivity index (χ3v) is 5.05. The highest BCUT2D eigenvalue weighted by molar-refractivity contribution is 5.49. The minimum atomic E-state index is -4.67. The van der Waals surface area contributed by atoms with Crippen LogP contribution in [0.15, 0.2) is 36.7 Å². The summed E-state index contributed by atoms with van der Waals surface area (Å²) in [4.78, 5) is 15.1. The second kappa shape index (κ2) is 8.86. The molecule has 0 saturated carbocycles. The molecule has 9 heteroatoms. The van der Waals surface area contributed by atoms with Crippen LogP contribution in [-0.4, -0.2) is 61.5 Å². The van der Waals surface area contributed by atoms with Gasteiger partial charge < -0.3 is 14.5 Å². The Kier molecular flexibility index (Phi) is 6.46. The van der Waals surface area contributed by atoms with Gasteiger partial charge in [0.1, 0.15) is 23.7 Å². The zero-order valence-electron chi connectivity index (χ0n) is 16.9. The summed E-state index contributed by atoms with van der Waals surface area (Å²) in [6.45, 7) is 2.50. The first-order valence-electron chi connectivity index (χ1n) is 9.50. The molecule has 0 bridgehead atoms. The van der Waals surface area contributed by atoms with Crippen LogP contribution in [0.5, 0.6) is 5.75 Å². The maximum Gasteiger partial charge on any atom is 0.573 e. The predicted molar refractivity (Wildman–Crippen MR) is 106 cm³/mol. The lowest BCUT2D eigenvalue weighted by Gasteiger charge is -2.38. The highest BCUT2D eigenvalue weighted by Gasteiger charge is 2.31. The number of ether oxygens (including phenoxy) is 1. The summed E-state index contributed by atoms with van der Waals surface area (Å²) < 4.78 is 40.8. The second-order valence-electron chi connectivity index (χ2n) is 7.46. The number of hydrogen-bond donors (Lipinski definition) is 0. The lowest BCUT2D eigenvalue weighted by Crippen LogP contribution is -2.46. The van der Waals surface area contributed by atoms with Crippen molar-refractivity contribution < 1.29 is 17.9 Å². The summed E-state index contributed by atoms with van der Waals surface area (Å²) in [5, 5.41) is 0. The number of anilines is 2. The molecule has 1 unspecified atom stereocenters. The second-order valence-corrected chi connectivity index (χ2v) is 7.46. The van der Waals surface area contributed by atoms with Crippen LogP contribution in [0, 0.1) is 0 Å². The highest BCUT2D eigenvalue weighted by Crippen LogP contribution is 2.25. The monoisotopic (exact) mass is 409 g/mol. The molecule has 1 aliphatic rings. The molecule has 0 amide bonds. The van der Waals surface area contributed by atoms with Crippen LogP contribution >= 0.6 is 0 Å². The van der Waals surface area contributed by atoms with Gasteiger partial charge in [0, 0.05) is 46.3 Å². The molecule has 1 atom stereocenters. The maximum absolute atomic E-state index is 12.3. The van der Waals surface area contributed by atoms with E-state index < -0.39 is 6.36 Å². The van der Waals surface area contributed by atoms with Crippen molar-refractivity contribution in [2.24, 2.45) is 0 Å². The van der Waals surface area contributed by atoms with E-state index in [2.05, 4.69) is 24.5 Å². The lowest BCUT2D eigenvalue weighted by molar-refractivity contribution is -0.274. The SMILES string of the molecule is CN(C)c1cc(N(C)C2CCCN(Cc3ccc(OC(F)(F)F)cc3)C2)ncn1. The van der Waals surface area contributed by atoms with E-state index in [1.165, 1.54) is 12.1 Å². The Morgan fingerprint density at radius 1 is 1.10 bits per heavy atom. The normalized spacial score (nSPS) is 17.8. The van der Waals surface area contributed by atoms with Crippen LogP contribution in [0.2, 0.25) is 0 Å². The molecule has 2 aromatic rings. The Labute approximate surface area is 168 Å². The summed E-state index contributed by atoms with van der Waals surface area (Å²) in [5.41, 5.74) is 0.958. The van der Waals surface area contributed by atoms with Crippen LogP contribution in [0.1, 0.15) is 18.4 Å². The average molecular weight is 409 g/mol. The van der Waals surface area contributed by atoms with Gasteiger partial charge in [-0.2, -0.15) is 0 Å². The van der Waals surface area contributed by atoms with Crippen LogP contribution in [0.3, 0.4) is 0 Å². The van der Waals surface area contributed by atoms with Gasteiger partial charge in [0.15, 0.2) is 0 Å². The van der Waals surface area contributed by atoms with Crippen molar-refractivity contribution in [2.75, 3.05) is 44.0 Å². The molecule has 0 aliphatic carbocycles. The van der Waals surface area contributed by atoms with Gasteiger partial charge in [-0.3, -0.25) is 4.90 Å². The molecule has 0 spiro atoms. The van der Waals surface area contributed by atoms with E-state index in [0.717, 1.165) is 43.1 Å². The fourth-order valence-electron chi connectivity index (χ4n) is 3.51. The molecule has 0 radical (unpaired) electrons. The minimum absolute atomic E-state index is 0.196. The van der Waals surface area contributed by atoms with Crippen molar-refractivity contribution in [3.63, 3.8) is 0 Å². The first-order chi connectivity index (χ1) is 13.7. The number of likely N-dealkylation sites (N-methyl/N-ethyl adjacent to an activating group) is 1. The maximum atomic E-state index is 12.3. The largest absolute Gasteiger partial charge is 0.573 e. The lowest BCUT2D eigenvalue weighted by atomic mass is 10.0. The van der Waals surface area contributed by atoms with Gasteiger partial charge in [-0.25, -0.2) is 9.97 Å². The standard InChI is InChI=1S/C20H26F3N5O/c1-26(2)18-11-19(25-14-24-18)27(3)16-5-4-10-28(13-16)12-15-6-8-17(9-7-15)29-20(21,22)23/h6-9,11,14,16H,4-5,10,12-13H2,1-3H3. The van der Waals surface area contributed by atoms with E-state index in [-0.39, 0.29) is 5.75 Å². The minimum Gasteiger partial charge on any atom is -0.406 e. The number of halogens is 3. The van der Waals surface area contributed by atoms with Crippen molar-refractivity contribution >= 4 is 11.6 Å². The van der Waals surface area contributed by atoms with E-state index in [1.54, 1.807) is 18.5 Å². The van der Waals surface area contributed by atoms with Crippen molar-refractivity contribution in [1.82, 2.24) is 14.9 Å². The fourth-order valence-corrected chi connectivity index (χ4v) is 3.51. The van der Waals surface area contributed by atoms with Gasteiger partial charge >= 0.3 is 6.36 Å². The molecular weight excluding hydrogens is 383 g/mol. The van der Waals surface area contributed by atoms with Gasteiger partial charge in [-0.15, -0.1) is 13.2 Å². The molecule has 1 saturated heterocycles. The molecule has 1 aliphatic heterocycles. The summed E-state index contributed by atoms with van der Waals surface area (Å²) in [7, 11) is 5.93. The highest BCUT2D eigenvalue weighted by atomic mass is 19.4. The quantitative estimate of drug-likeness (QED) is 0.727. The molecule has 1 aromatic carbocycles. The molecule has 158 valence electrons. The van der Waals surface area contributed by atoms with Crippen LogP contribution in [0.4, 0.5) is 24.8 Å². The first kappa shape index (κ1) is 21.2. The number of rotatable bonds is 6. The molecular formula is C20H26F3N5O. The van der Waals surface area contributed by atoms with Crippen LogP contribution in [0.25, 0.3) is 0 Å². The van der Waals surface area contributed by atoms with Crippen LogP contribution < -0.4 is 14.5 Å². The third-order valence-electron chi connectivity index (χ3n) is 5.05. The first-order valence-corrected chi connectivity index (χ1v) is 9.50. The number of piperidine rings is 1. The molecule has 0 N–H and O–H groups in total. The molecule has 1 fully saturated rings. The van der Waals surface area contributed by atoms with E-state index >= 15 is 0 Å². The summed E-state index contributed by atoms with van der Waals surface area (Å²) in [6.07, 6.45) is -0.978. The van der Waals surface area contributed by atoms with E-state index in [9.17, 15) is 13.2 Å². The van der Waals surface area contributed by atoms with Crippen molar-refractivity contribution in [3.8, 4) is 5.75 Å². The number of hydrogen-bond acceptors (Lipinski definition) is 6.